The molecule has 0 radical (unpaired) electrons. The van der Waals surface area contributed by atoms with E-state index < -0.39 is 0 Å². The summed E-state index contributed by atoms with van der Waals surface area (Å²) in [5, 5.41) is 7.37. The molecule has 0 saturated carbocycles. The monoisotopic (exact) mass is 559 g/mol. The summed E-state index contributed by atoms with van der Waals surface area (Å²) in [6.45, 7) is 7.94. The predicted molar refractivity (Wildman–Crippen MR) is 155 cm³/mol. The Morgan fingerprint density at radius 1 is 1.12 bits per heavy atom. The van der Waals surface area contributed by atoms with Crippen molar-refractivity contribution in [1.82, 2.24) is 24.8 Å². The van der Waals surface area contributed by atoms with Crippen molar-refractivity contribution in [3.8, 4) is 5.75 Å². The van der Waals surface area contributed by atoms with Crippen LogP contribution in [0.1, 0.15) is 11.4 Å². The number of aromatic nitrogens is 4. The summed E-state index contributed by atoms with van der Waals surface area (Å²) >= 11 is 6.56. The number of nitrogens with zero attached hydrogens (tertiary/aromatic N) is 5. The van der Waals surface area contributed by atoms with Crippen molar-refractivity contribution in [2.45, 2.75) is 12.8 Å². The number of carbonyl (C=O) groups excluding carboxylic acids is 1. The fourth-order valence-electron chi connectivity index (χ4n) is 4.34. The molecule has 0 bridgehead atoms. The van der Waals surface area contributed by atoms with Gasteiger partial charge in [-0.15, -0.1) is 0 Å². The first-order chi connectivity index (χ1) is 19.6. The van der Waals surface area contributed by atoms with Crippen molar-refractivity contribution in [2.24, 2.45) is 0 Å². The molecule has 10 nitrogen and oxygen atoms in total. The molecule has 4 aromatic rings. The smallest absolute Gasteiger partial charge is 0.247 e. The van der Waals surface area contributed by atoms with Gasteiger partial charge in [-0.1, -0.05) is 24.2 Å². The van der Waals surface area contributed by atoms with E-state index in [9.17, 15) is 4.79 Å². The Morgan fingerprint density at radius 2 is 2.00 bits per heavy atom. The van der Waals surface area contributed by atoms with Crippen LogP contribution in [0.3, 0.4) is 0 Å². The van der Waals surface area contributed by atoms with Gasteiger partial charge in [0, 0.05) is 43.0 Å². The van der Waals surface area contributed by atoms with E-state index in [0.29, 0.717) is 51.9 Å². The van der Waals surface area contributed by atoms with Crippen LogP contribution in [-0.4, -0.2) is 70.2 Å². The van der Waals surface area contributed by atoms with Gasteiger partial charge < -0.3 is 20.1 Å². The standard InChI is InChI=1S/C29H30ClN7O3/c1-2-28(38)36-26-16-22-25(17-27(26)40-14-11-37-9-12-39-13-10-37)33-19-34-29(22)35-21-15-23(30)24(32-18-21)7-6-20-5-3-4-8-31-20/h2-5,8,15-19H,1,6-7,9-14H2,(H,36,38)(H,33,34,35). The molecular formula is C29H30ClN7O3. The van der Waals surface area contributed by atoms with Crippen LogP contribution in [0.2, 0.25) is 5.02 Å². The molecule has 0 atom stereocenters. The first-order valence-electron chi connectivity index (χ1n) is 13.1. The molecular weight excluding hydrogens is 530 g/mol. The maximum absolute atomic E-state index is 12.2. The van der Waals surface area contributed by atoms with E-state index in [-0.39, 0.29) is 5.91 Å². The largest absolute Gasteiger partial charge is 0.490 e. The highest BCUT2D eigenvalue weighted by Gasteiger charge is 2.15. The van der Waals surface area contributed by atoms with Crippen molar-refractivity contribution in [3.63, 3.8) is 0 Å². The van der Waals surface area contributed by atoms with Gasteiger partial charge in [-0.05, 0) is 43.2 Å². The molecule has 1 aliphatic rings. The minimum atomic E-state index is -0.346. The molecule has 206 valence electrons. The SMILES string of the molecule is C=CC(=O)Nc1cc2c(Nc3cnc(CCc4ccccn4)c(Cl)c3)ncnc2cc1OCCN1CCOCC1. The molecule has 11 heteroatoms. The van der Waals surface area contributed by atoms with Gasteiger partial charge in [0.25, 0.3) is 0 Å². The average molecular weight is 560 g/mol. The third-order valence-corrected chi connectivity index (χ3v) is 6.80. The van der Waals surface area contributed by atoms with Crippen LogP contribution in [0, 0.1) is 0 Å². The second kappa shape index (κ2) is 13.3. The molecule has 5 rings (SSSR count). The highest BCUT2D eigenvalue weighted by molar-refractivity contribution is 6.31. The van der Waals surface area contributed by atoms with Gasteiger partial charge in [0.05, 0.1) is 47.0 Å². The molecule has 1 fully saturated rings. The summed E-state index contributed by atoms with van der Waals surface area (Å²) in [5.41, 5.74) is 3.60. The zero-order chi connectivity index (χ0) is 27.7. The number of pyridine rings is 2. The zero-order valence-corrected chi connectivity index (χ0v) is 22.7. The number of hydrogen-bond acceptors (Lipinski definition) is 9. The van der Waals surface area contributed by atoms with E-state index >= 15 is 0 Å². The van der Waals surface area contributed by atoms with Crippen molar-refractivity contribution < 1.29 is 14.3 Å². The number of halogens is 1. The summed E-state index contributed by atoms with van der Waals surface area (Å²) in [6, 6.07) is 11.2. The number of nitrogens with one attached hydrogen (secondary N) is 2. The van der Waals surface area contributed by atoms with E-state index in [2.05, 4.69) is 42.0 Å². The fraction of sp³-hybridized carbons (Fsp3) is 0.276. The molecule has 1 aliphatic heterocycles. The fourth-order valence-corrected chi connectivity index (χ4v) is 4.60. The quantitative estimate of drug-likeness (QED) is 0.257. The lowest BCUT2D eigenvalue weighted by Gasteiger charge is -2.26. The van der Waals surface area contributed by atoms with Crippen LogP contribution in [-0.2, 0) is 22.4 Å². The Balaban J connectivity index is 1.34. The lowest BCUT2D eigenvalue weighted by atomic mass is 10.1. The van der Waals surface area contributed by atoms with Crippen LogP contribution in [0.15, 0.2) is 67.8 Å². The number of rotatable bonds is 11. The second-order valence-electron chi connectivity index (χ2n) is 9.18. The van der Waals surface area contributed by atoms with Crippen molar-refractivity contribution >= 4 is 45.6 Å². The number of ether oxygens (including phenoxy) is 2. The van der Waals surface area contributed by atoms with Gasteiger partial charge in [0.15, 0.2) is 0 Å². The van der Waals surface area contributed by atoms with Crippen LogP contribution in [0.25, 0.3) is 10.9 Å². The minimum absolute atomic E-state index is 0.346. The number of anilines is 3. The Hall–Kier alpha value is -4.12. The van der Waals surface area contributed by atoms with Crippen LogP contribution >= 0.6 is 11.6 Å². The normalized spacial score (nSPS) is 13.6. The van der Waals surface area contributed by atoms with Crippen LogP contribution in [0.5, 0.6) is 5.75 Å². The highest BCUT2D eigenvalue weighted by atomic mass is 35.5. The number of amides is 1. The Bertz CT molecular complexity index is 1480. The molecule has 3 aromatic heterocycles. The summed E-state index contributed by atoms with van der Waals surface area (Å²) in [4.78, 5) is 32.2. The summed E-state index contributed by atoms with van der Waals surface area (Å²) in [5.74, 6) is 0.710. The zero-order valence-electron chi connectivity index (χ0n) is 22.0. The third kappa shape index (κ3) is 7.09. The van der Waals surface area contributed by atoms with E-state index in [1.54, 1.807) is 24.5 Å². The Labute approximate surface area is 237 Å². The van der Waals surface area contributed by atoms with E-state index in [1.165, 1.54) is 12.4 Å². The molecule has 1 amide bonds. The summed E-state index contributed by atoms with van der Waals surface area (Å²) in [7, 11) is 0. The number of hydrogen-bond donors (Lipinski definition) is 2. The van der Waals surface area contributed by atoms with Gasteiger partial charge in [-0.3, -0.25) is 19.7 Å². The molecule has 0 unspecified atom stereocenters. The number of benzene rings is 1. The maximum atomic E-state index is 12.2. The predicted octanol–water partition coefficient (Wildman–Crippen LogP) is 4.44. The van der Waals surface area contributed by atoms with Crippen LogP contribution in [0.4, 0.5) is 17.2 Å². The first kappa shape index (κ1) is 27.4. The van der Waals surface area contributed by atoms with Crippen molar-refractivity contribution in [2.75, 3.05) is 50.1 Å². The maximum Gasteiger partial charge on any atom is 0.247 e. The first-order valence-corrected chi connectivity index (χ1v) is 13.4. The topological polar surface area (TPSA) is 114 Å². The molecule has 4 heterocycles. The molecule has 1 aromatic carbocycles. The Kier molecular flexibility index (Phi) is 9.12. The number of morpholine rings is 1. The van der Waals surface area contributed by atoms with Crippen molar-refractivity contribution in [3.05, 3.63) is 84.2 Å². The van der Waals surface area contributed by atoms with Crippen LogP contribution < -0.4 is 15.4 Å². The van der Waals surface area contributed by atoms with Gasteiger partial charge in [0.1, 0.15) is 24.5 Å². The summed E-state index contributed by atoms with van der Waals surface area (Å²) in [6.07, 6.45) is 7.60. The number of fused-ring (bicyclic) bond motifs is 1. The van der Waals surface area contributed by atoms with Crippen molar-refractivity contribution in [1.29, 1.82) is 0 Å². The number of aryl methyl sites for hydroxylation is 2. The highest BCUT2D eigenvalue weighted by Crippen LogP contribution is 2.34. The molecule has 2 N–H and O–H groups in total. The molecule has 1 saturated heterocycles. The van der Waals surface area contributed by atoms with Gasteiger partial charge >= 0.3 is 0 Å². The minimum Gasteiger partial charge on any atom is -0.490 e. The number of carbonyl (C=O) groups is 1. The van der Waals surface area contributed by atoms with E-state index in [4.69, 9.17) is 21.1 Å². The van der Waals surface area contributed by atoms with E-state index in [0.717, 1.165) is 50.7 Å². The Morgan fingerprint density at radius 3 is 2.77 bits per heavy atom. The second-order valence-corrected chi connectivity index (χ2v) is 9.59. The van der Waals surface area contributed by atoms with Gasteiger partial charge in [-0.2, -0.15) is 0 Å². The molecule has 0 aliphatic carbocycles. The summed E-state index contributed by atoms with van der Waals surface area (Å²) < 4.78 is 11.5. The molecule has 0 spiro atoms. The lowest BCUT2D eigenvalue weighted by Crippen LogP contribution is -2.38. The van der Waals surface area contributed by atoms with Gasteiger partial charge in [0.2, 0.25) is 5.91 Å². The lowest BCUT2D eigenvalue weighted by molar-refractivity contribution is -0.111. The van der Waals surface area contributed by atoms with E-state index in [1.807, 2.05) is 24.3 Å². The average Bonchev–Trinajstić information content (AvgIpc) is 2.98. The molecule has 40 heavy (non-hydrogen) atoms. The third-order valence-electron chi connectivity index (χ3n) is 6.47. The van der Waals surface area contributed by atoms with Gasteiger partial charge in [-0.25, -0.2) is 9.97 Å².